The Morgan fingerprint density at radius 2 is 2.15 bits per heavy atom. The van der Waals surface area contributed by atoms with Crippen LogP contribution in [-0.2, 0) is 18.3 Å². The van der Waals surface area contributed by atoms with Crippen LogP contribution in [0.4, 0.5) is 0 Å². The topological polar surface area (TPSA) is 64.0 Å². The SMILES string of the molecule is Cn1c(CCNC(=O)C2CC2)nc2ccccc2c1=O. The van der Waals surface area contributed by atoms with Crippen molar-refractivity contribution >= 4 is 16.8 Å². The van der Waals surface area contributed by atoms with Gasteiger partial charge in [0.1, 0.15) is 5.82 Å². The molecule has 1 aliphatic carbocycles. The first-order chi connectivity index (χ1) is 9.66. The molecule has 5 nitrogen and oxygen atoms in total. The van der Waals surface area contributed by atoms with E-state index in [4.69, 9.17) is 0 Å². The van der Waals surface area contributed by atoms with Crippen molar-refractivity contribution in [3.63, 3.8) is 0 Å². The molecule has 1 amide bonds. The van der Waals surface area contributed by atoms with E-state index in [9.17, 15) is 9.59 Å². The highest BCUT2D eigenvalue weighted by atomic mass is 16.2. The van der Waals surface area contributed by atoms with Crippen molar-refractivity contribution in [2.75, 3.05) is 6.54 Å². The van der Waals surface area contributed by atoms with Gasteiger partial charge < -0.3 is 5.32 Å². The van der Waals surface area contributed by atoms with E-state index in [0.29, 0.717) is 29.7 Å². The maximum absolute atomic E-state index is 12.2. The molecule has 104 valence electrons. The summed E-state index contributed by atoms with van der Waals surface area (Å²) in [5, 5.41) is 3.52. The molecule has 1 N–H and O–H groups in total. The van der Waals surface area contributed by atoms with E-state index in [-0.39, 0.29) is 17.4 Å². The third kappa shape index (κ3) is 2.43. The lowest BCUT2D eigenvalue weighted by Crippen LogP contribution is -2.30. The van der Waals surface area contributed by atoms with Crippen molar-refractivity contribution in [2.45, 2.75) is 19.3 Å². The molecule has 1 aromatic carbocycles. The first-order valence-electron chi connectivity index (χ1n) is 6.89. The number of hydrogen-bond donors (Lipinski definition) is 1. The number of nitrogens with zero attached hydrogens (tertiary/aromatic N) is 2. The average Bonchev–Trinajstić information content (AvgIpc) is 3.28. The largest absolute Gasteiger partial charge is 0.355 e. The van der Waals surface area contributed by atoms with Gasteiger partial charge in [0.15, 0.2) is 0 Å². The predicted octanol–water partition coefficient (Wildman–Crippen LogP) is 1.00. The Hall–Kier alpha value is -2.17. The number of amides is 1. The van der Waals surface area contributed by atoms with Crippen LogP contribution in [0, 0.1) is 5.92 Å². The second kappa shape index (κ2) is 5.07. The van der Waals surface area contributed by atoms with Crippen LogP contribution in [0.15, 0.2) is 29.1 Å². The van der Waals surface area contributed by atoms with Crippen molar-refractivity contribution in [3.05, 3.63) is 40.4 Å². The van der Waals surface area contributed by atoms with Crippen molar-refractivity contribution in [2.24, 2.45) is 13.0 Å². The standard InChI is InChI=1S/C15H17N3O2/c1-18-13(8-9-16-14(19)10-6-7-10)17-12-5-3-2-4-11(12)15(18)20/h2-5,10H,6-9H2,1H3,(H,16,19). The molecule has 1 fully saturated rings. The summed E-state index contributed by atoms with van der Waals surface area (Å²) in [5.74, 6) is 1.03. The molecule has 0 bridgehead atoms. The van der Waals surface area contributed by atoms with E-state index in [1.54, 1.807) is 17.7 Å². The fraction of sp³-hybridized carbons (Fsp3) is 0.400. The Kier molecular flexibility index (Phi) is 3.26. The minimum atomic E-state index is -0.0425. The van der Waals surface area contributed by atoms with Crippen LogP contribution in [0.1, 0.15) is 18.7 Å². The van der Waals surface area contributed by atoms with Gasteiger partial charge in [-0.3, -0.25) is 14.2 Å². The van der Waals surface area contributed by atoms with Gasteiger partial charge in [-0.2, -0.15) is 0 Å². The molecule has 0 saturated heterocycles. The first kappa shape index (κ1) is 12.8. The monoisotopic (exact) mass is 271 g/mol. The highest BCUT2D eigenvalue weighted by molar-refractivity contribution is 5.80. The number of carbonyl (C=O) groups excluding carboxylic acids is 1. The Labute approximate surface area is 116 Å². The fourth-order valence-corrected chi connectivity index (χ4v) is 2.27. The van der Waals surface area contributed by atoms with E-state index < -0.39 is 0 Å². The van der Waals surface area contributed by atoms with Gasteiger partial charge in [-0.15, -0.1) is 0 Å². The Morgan fingerprint density at radius 3 is 2.90 bits per heavy atom. The Balaban J connectivity index is 1.78. The van der Waals surface area contributed by atoms with E-state index in [1.807, 2.05) is 18.2 Å². The van der Waals surface area contributed by atoms with Crippen molar-refractivity contribution < 1.29 is 4.79 Å². The molecular weight excluding hydrogens is 254 g/mol. The summed E-state index contributed by atoms with van der Waals surface area (Å²) in [6.45, 7) is 0.522. The normalized spacial score (nSPS) is 14.4. The number of hydrogen-bond acceptors (Lipinski definition) is 3. The number of benzene rings is 1. The van der Waals surface area contributed by atoms with Crippen LogP contribution < -0.4 is 10.9 Å². The zero-order valence-electron chi connectivity index (χ0n) is 11.4. The molecule has 2 aromatic rings. The van der Waals surface area contributed by atoms with Crippen LogP contribution in [0.2, 0.25) is 0 Å². The molecular formula is C15H17N3O2. The van der Waals surface area contributed by atoms with Crippen molar-refractivity contribution in [1.82, 2.24) is 14.9 Å². The molecule has 0 radical (unpaired) electrons. The molecule has 1 saturated carbocycles. The molecule has 1 aliphatic rings. The van der Waals surface area contributed by atoms with Crippen LogP contribution in [0.5, 0.6) is 0 Å². The molecule has 1 heterocycles. The summed E-state index contributed by atoms with van der Waals surface area (Å²) < 4.78 is 1.56. The van der Waals surface area contributed by atoms with Gasteiger partial charge in [-0.05, 0) is 25.0 Å². The van der Waals surface area contributed by atoms with Gasteiger partial charge in [0, 0.05) is 25.9 Å². The maximum atomic E-state index is 12.2. The number of aromatic nitrogens is 2. The summed E-state index contributed by atoms with van der Waals surface area (Å²) >= 11 is 0. The summed E-state index contributed by atoms with van der Waals surface area (Å²) in [4.78, 5) is 28.3. The lowest BCUT2D eigenvalue weighted by atomic mass is 10.2. The zero-order chi connectivity index (χ0) is 14.1. The van der Waals surface area contributed by atoms with Crippen LogP contribution >= 0.6 is 0 Å². The van der Waals surface area contributed by atoms with E-state index in [2.05, 4.69) is 10.3 Å². The smallest absolute Gasteiger partial charge is 0.261 e. The third-order valence-electron chi connectivity index (χ3n) is 3.67. The molecule has 20 heavy (non-hydrogen) atoms. The molecule has 0 aliphatic heterocycles. The summed E-state index contributed by atoms with van der Waals surface area (Å²) in [6, 6.07) is 7.32. The Morgan fingerprint density at radius 1 is 1.40 bits per heavy atom. The molecule has 0 atom stereocenters. The predicted molar refractivity (Wildman–Crippen MR) is 76.4 cm³/mol. The summed E-state index contributed by atoms with van der Waals surface area (Å²) in [6.07, 6.45) is 2.56. The highest BCUT2D eigenvalue weighted by Crippen LogP contribution is 2.28. The quantitative estimate of drug-likeness (QED) is 0.902. The van der Waals surface area contributed by atoms with Gasteiger partial charge in [0.05, 0.1) is 10.9 Å². The van der Waals surface area contributed by atoms with E-state index in [0.717, 1.165) is 12.8 Å². The first-order valence-corrected chi connectivity index (χ1v) is 6.89. The minimum Gasteiger partial charge on any atom is -0.355 e. The fourth-order valence-electron chi connectivity index (χ4n) is 2.27. The number of rotatable bonds is 4. The number of nitrogens with one attached hydrogen (secondary N) is 1. The van der Waals surface area contributed by atoms with Crippen LogP contribution in [0.25, 0.3) is 10.9 Å². The average molecular weight is 271 g/mol. The van der Waals surface area contributed by atoms with E-state index in [1.165, 1.54) is 0 Å². The number of carbonyl (C=O) groups is 1. The molecule has 0 spiro atoms. The minimum absolute atomic E-state index is 0.0425. The van der Waals surface area contributed by atoms with Gasteiger partial charge in [0.2, 0.25) is 5.91 Å². The Bertz CT molecular complexity index is 717. The highest BCUT2D eigenvalue weighted by Gasteiger charge is 2.29. The zero-order valence-corrected chi connectivity index (χ0v) is 11.4. The molecule has 3 rings (SSSR count). The van der Waals surface area contributed by atoms with Gasteiger partial charge in [0.25, 0.3) is 5.56 Å². The second-order valence-electron chi connectivity index (χ2n) is 5.22. The number of fused-ring (bicyclic) bond motifs is 1. The van der Waals surface area contributed by atoms with Crippen LogP contribution in [-0.4, -0.2) is 22.0 Å². The molecule has 0 unspecified atom stereocenters. The number of para-hydroxylation sites is 1. The third-order valence-corrected chi connectivity index (χ3v) is 3.67. The summed E-state index contributed by atoms with van der Waals surface area (Å²) in [5.41, 5.74) is 0.665. The van der Waals surface area contributed by atoms with Crippen molar-refractivity contribution in [1.29, 1.82) is 0 Å². The van der Waals surface area contributed by atoms with Crippen molar-refractivity contribution in [3.8, 4) is 0 Å². The lowest BCUT2D eigenvalue weighted by Gasteiger charge is -2.09. The summed E-state index contributed by atoms with van der Waals surface area (Å²) in [7, 11) is 1.72. The van der Waals surface area contributed by atoms with Gasteiger partial charge >= 0.3 is 0 Å². The second-order valence-corrected chi connectivity index (χ2v) is 5.22. The lowest BCUT2D eigenvalue weighted by molar-refractivity contribution is -0.122. The molecule has 1 aromatic heterocycles. The molecule has 5 heteroatoms. The maximum Gasteiger partial charge on any atom is 0.261 e. The van der Waals surface area contributed by atoms with E-state index >= 15 is 0 Å². The van der Waals surface area contributed by atoms with Gasteiger partial charge in [-0.25, -0.2) is 4.98 Å². The van der Waals surface area contributed by atoms with Crippen LogP contribution in [0.3, 0.4) is 0 Å². The van der Waals surface area contributed by atoms with Gasteiger partial charge in [-0.1, -0.05) is 12.1 Å².